The molecule has 0 bridgehead atoms. The van der Waals surface area contributed by atoms with Gasteiger partial charge in [-0.2, -0.15) is 0 Å². The van der Waals surface area contributed by atoms with Crippen molar-refractivity contribution in [1.29, 1.82) is 0 Å². The molecular weight excluding hydrogens is 122 g/mol. The van der Waals surface area contributed by atoms with Gasteiger partial charge in [0.15, 0.2) is 0 Å². The maximum atomic E-state index is 3.58. The van der Waals surface area contributed by atoms with E-state index < -0.39 is 0 Å². The van der Waals surface area contributed by atoms with Crippen molar-refractivity contribution < 1.29 is 0 Å². The van der Waals surface area contributed by atoms with Crippen LogP contribution in [0.15, 0.2) is 0 Å². The first-order valence-corrected chi connectivity index (χ1v) is 4.44. The molecule has 0 heterocycles. The minimum Gasteiger partial charge on any atom is -0.311 e. The molecule has 2 unspecified atom stereocenters. The molecule has 0 aliphatic heterocycles. The van der Waals surface area contributed by atoms with Crippen molar-refractivity contribution >= 4 is 0 Å². The normalized spacial score (nSPS) is 38.1. The Morgan fingerprint density at radius 2 is 2.20 bits per heavy atom. The second-order valence-electron chi connectivity index (χ2n) is 3.80. The number of unbranched alkanes of at least 4 members (excludes halogenated alkanes) is 1. The molecule has 2 atom stereocenters. The van der Waals surface area contributed by atoms with Gasteiger partial charge in [-0.05, 0) is 32.2 Å². The molecular formula is C9H19N. The monoisotopic (exact) mass is 141 g/mol. The molecule has 60 valence electrons. The van der Waals surface area contributed by atoms with Gasteiger partial charge in [0, 0.05) is 5.54 Å². The predicted octanol–water partition coefficient (Wildman–Crippen LogP) is 2.17. The molecule has 0 aromatic carbocycles. The van der Waals surface area contributed by atoms with E-state index in [1.54, 1.807) is 0 Å². The molecule has 1 N–H and O–H groups in total. The lowest BCUT2D eigenvalue weighted by atomic mass is 10.2. The summed E-state index contributed by atoms with van der Waals surface area (Å²) < 4.78 is 0. The van der Waals surface area contributed by atoms with Crippen molar-refractivity contribution in [3.63, 3.8) is 0 Å². The van der Waals surface area contributed by atoms with E-state index >= 15 is 0 Å². The lowest BCUT2D eigenvalue weighted by molar-refractivity contribution is 0.493. The Hall–Kier alpha value is -0.0400. The molecule has 1 heteroatoms. The Labute approximate surface area is 64.2 Å². The minimum atomic E-state index is 0.509. The van der Waals surface area contributed by atoms with Gasteiger partial charge in [0.25, 0.3) is 0 Å². The highest BCUT2D eigenvalue weighted by molar-refractivity contribution is 5.04. The molecule has 1 fully saturated rings. The van der Waals surface area contributed by atoms with Gasteiger partial charge < -0.3 is 5.32 Å². The summed E-state index contributed by atoms with van der Waals surface area (Å²) in [4.78, 5) is 0. The largest absolute Gasteiger partial charge is 0.311 e. The summed E-state index contributed by atoms with van der Waals surface area (Å²) in [7, 11) is 0. The van der Waals surface area contributed by atoms with Crippen LogP contribution in [0.1, 0.15) is 40.0 Å². The van der Waals surface area contributed by atoms with Gasteiger partial charge in [0.1, 0.15) is 0 Å². The van der Waals surface area contributed by atoms with E-state index in [1.807, 2.05) is 0 Å². The molecule has 0 spiro atoms. The van der Waals surface area contributed by atoms with Gasteiger partial charge in [-0.1, -0.05) is 20.3 Å². The van der Waals surface area contributed by atoms with Crippen molar-refractivity contribution in [2.75, 3.05) is 6.54 Å². The quantitative estimate of drug-likeness (QED) is 0.592. The lowest BCUT2D eigenvalue weighted by Gasteiger charge is -2.11. The zero-order valence-electron chi connectivity index (χ0n) is 7.41. The maximum absolute atomic E-state index is 3.58. The first-order chi connectivity index (χ1) is 4.69. The Morgan fingerprint density at radius 1 is 1.60 bits per heavy atom. The molecule has 1 rings (SSSR count). The van der Waals surface area contributed by atoms with E-state index in [2.05, 4.69) is 26.1 Å². The van der Waals surface area contributed by atoms with Crippen LogP contribution in [0.3, 0.4) is 0 Å². The third-order valence-corrected chi connectivity index (χ3v) is 2.72. The fourth-order valence-corrected chi connectivity index (χ4v) is 1.37. The molecule has 1 aliphatic rings. The molecule has 10 heavy (non-hydrogen) atoms. The maximum Gasteiger partial charge on any atom is 0.0182 e. The molecule has 0 amide bonds. The summed E-state index contributed by atoms with van der Waals surface area (Å²) in [6.07, 6.45) is 4.00. The third kappa shape index (κ3) is 1.72. The summed E-state index contributed by atoms with van der Waals surface area (Å²) in [6, 6.07) is 0. The summed E-state index contributed by atoms with van der Waals surface area (Å²) in [5, 5.41) is 3.58. The highest BCUT2D eigenvalue weighted by Gasteiger charge is 2.45. The van der Waals surface area contributed by atoms with Crippen molar-refractivity contribution in [2.45, 2.75) is 45.6 Å². The van der Waals surface area contributed by atoms with Crippen molar-refractivity contribution in [1.82, 2.24) is 5.32 Å². The number of hydrogen-bond donors (Lipinski definition) is 1. The molecule has 0 saturated heterocycles. The van der Waals surface area contributed by atoms with E-state index in [4.69, 9.17) is 0 Å². The fraction of sp³-hybridized carbons (Fsp3) is 1.00. The summed E-state index contributed by atoms with van der Waals surface area (Å²) in [5.41, 5.74) is 0.509. The topological polar surface area (TPSA) is 12.0 Å². The molecule has 1 aliphatic carbocycles. The SMILES string of the molecule is CCCCNC1(C)CC1C. The summed E-state index contributed by atoms with van der Waals surface area (Å²) in [5.74, 6) is 0.907. The minimum absolute atomic E-state index is 0.509. The lowest BCUT2D eigenvalue weighted by Crippen LogP contribution is -2.30. The van der Waals surface area contributed by atoms with Gasteiger partial charge in [0.05, 0.1) is 0 Å². The second-order valence-corrected chi connectivity index (χ2v) is 3.80. The van der Waals surface area contributed by atoms with E-state index in [-0.39, 0.29) is 0 Å². The van der Waals surface area contributed by atoms with Gasteiger partial charge in [0.2, 0.25) is 0 Å². The fourth-order valence-electron chi connectivity index (χ4n) is 1.37. The van der Waals surface area contributed by atoms with Crippen LogP contribution < -0.4 is 5.32 Å². The second kappa shape index (κ2) is 2.91. The average Bonchev–Trinajstić information content (AvgIpc) is 2.42. The summed E-state index contributed by atoms with van der Waals surface area (Å²) >= 11 is 0. The van der Waals surface area contributed by atoms with Gasteiger partial charge in [-0.15, -0.1) is 0 Å². The molecule has 0 aromatic heterocycles. The highest BCUT2D eigenvalue weighted by Crippen LogP contribution is 2.42. The van der Waals surface area contributed by atoms with Gasteiger partial charge in [-0.25, -0.2) is 0 Å². The zero-order chi connectivity index (χ0) is 7.61. The average molecular weight is 141 g/mol. The highest BCUT2D eigenvalue weighted by atomic mass is 15.0. The van der Waals surface area contributed by atoms with Crippen LogP contribution in [0, 0.1) is 5.92 Å². The van der Waals surface area contributed by atoms with Crippen molar-refractivity contribution in [2.24, 2.45) is 5.92 Å². The number of nitrogens with one attached hydrogen (secondary N) is 1. The smallest absolute Gasteiger partial charge is 0.0182 e. The molecule has 1 saturated carbocycles. The Bertz CT molecular complexity index is 111. The first-order valence-electron chi connectivity index (χ1n) is 4.44. The van der Waals surface area contributed by atoms with Crippen LogP contribution in [0.4, 0.5) is 0 Å². The molecule has 0 aromatic rings. The van der Waals surface area contributed by atoms with Crippen LogP contribution in [0.25, 0.3) is 0 Å². The number of rotatable bonds is 4. The van der Waals surface area contributed by atoms with Crippen LogP contribution in [-0.4, -0.2) is 12.1 Å². The first kappa shape index (κ1) is 8.06. The van der Waals surface area contributed by atoms with Gasteiger partial charge >= 0.3 is 0 Å². The van der Waals surface area contributed by atoms with Crippen LogP contribution in [-0.2, 0) is 0 Å². The molecule has 0 radical (unpaired) electrons. The van der Waals surface area contributed by atoms with Crippen molar-refractivity contribution in [3.8, 4) is 0 Å². The van der Waals surface area contributed by atoms with Gasteiger partial charge in [-0.3, -0.25) is 0 Å². The summed E-state index contributed by atoms with van der Waals surface area (Å²) in [6.45, 7) is 8.09. The van der Waals surface area contributed by atoms with Crippen LogP contribution >= 0.6 is 0 Å². The zero-order valence-corrected chi connectivity index (χ0v) is 7.41. The van der Waals surface area contributed by atoms with E-state index in [9.17, 15) is 0 Å². The van der Waals surface area contributed by atoms with Crippen molar-refractivity contribution in [3.05, 3.63) is 0 Å². The van der Waals surface area contributed by atoms with E-state index in [0.717, 1.165) is 5.92 Å². The van der Waals surface area contributed by atoms with Crippen LogP contribution in [0.2, 0.25) is 0 Å². The predicted molar refractivity (Wildman–Crippen MR) is 45.1 cm³/mol. The van der Waals surface area contributed by atoms with E-state index in [1.165, 1.54) is 25.8 Å². The van der Waals surface area contributed by atoms with Crippen LogP contribution in [0.5, 0.6) is 0 Å². The standard InChI is InChI=1S/C9H19N/c1-4-5-6-10-9(3)7-8(9)2/h8,10H,4-7H2,1-3H3. The Morgan fingerprint density at radius 3 is 2.60 bits per heavy atom. The molecule has 1 nitrogen and oxygen atoms in total. The van der Waals surface area contributed by atoms with E-state index in [0.29, 0.717) is 5.54 Å². The Balaban J connectivity index is 2.03. The Kier molecular flexibility index (Phi) is 2.35. The number of hydrogen-bond acceptors (Lipinski definition) is 1. The third-order valence-electron chi connectivity index (χ3n) is 2.72.